The van der Waals surface area contributed by atoms with Gasteiger partial charge in [-0.05, 0) is 31.5 Å². The van der Waals surface area contributed by atoms with Crippen LogP contribution in [0.5, 0.6) is 0 Å². The van der Waals surface area contributed by atoms with Gasteiger partial charge in [0.2, 0.25) is 5.91 Å². The zero-order valence-corrected chi connectivity index (χ0v) is 23.6. The molecule has 5 atom stereocenters. The first kappa shape index (κ1) is 26.3. The minimum absolute atomic E-state index is 0.0346. The second kappa shape index (κ2) is 9.77. The lowest BCUT2D eigenvalue weighted by molar-refractivity contribution is -0.157. The second-order valence-electron chi connectivity index (χ2n) is 9.89. The van der Waals surface area contributed by atoms with E-state index < -0.39 is 25.1 Å². The third kappa shape index (κ3) is 5.35. The topological polar surface area (TPSA) is 72.9 Å². The molecule has 3 rings (SSSR count). The summed E-state index contributed by atoms with van der Waals surface area (Å²) in [6, 6.07) is 0. The van der Waals surface area contributed by atoms with Crippen molar-refractivity contribution in [1.82, 2.24) is 4.90 Å². The molecule has 32 heavy (non-hydrogen) atoms. The summed E-state index contributed by atoms with van der Waals surface area (Å²) in [6.45, 7) is 16.3. The molecule has 0 aromatic rings. The summed E-state index contributed by atoms with van der Waals surface area (Å²) in [6.07, 6.45) is 0.579. The van der Waals surface area contributed by atoms with Crippen molar-refractivity contribution in [1.29, 1.82) is 0 Å². The van der Waals surface area contributed by atoms with E-state index in [4.69, 9.17) is 20.8 Å². The van der Waals surface area contributed by atoms with Gasteiger partial charge in [0.15, 0.2) is 14.0 Å². The second-order valence-corrected chi connectivity index (χ2v) is 19.5. The summed E-state index contributed by atoms with van der Waals surface area (Å²) in [5, 5.41) is 0.216. The number of hydrogen-bond acceptors (Lipinski definition) is 7. The van der Waals surface area contributed by atoms with Crippen LogP contribution in [0.1, 0.15) is 34.1 Å². The quantitative estimate of drug-likeness (QED) is 0.253. The molecule has 0 aromatic heterocycles. The van der Waals surface area contributed by atoms with Crippen molar-refractivity contribution in [3.05, 3.63) is 21.5 Å². The van der Waals surface area contributed by atoms with Crippen molar-refractivity contribution in [3.8, 4) is 0 Å². The Balaban J connectivity index is 1.79. The fourth-order valence-corrected chi connectivity index (χ4v) is 10.3. The van der Waals surface area contributed by atoms with Gasteiger partial charge in [0, 0.05) is 32.6 Å². The maximum Gasteiger partial charge on any atom is 0.357 e. The fraction of sp³-hybridized carbons (Fsp3) is 0.714. The van der Waals surface area contributed by atoms with Crippen LogP contribution in [-0.4, -0.2) is 64.1 Å². The number of carbonyl (C=O) groups is 2. The lowest BCUT2D eigenvalue weighted by Gasteiger charge is -2.48. The largest absolute Gasteiger partial charge is 0.455 e. The third-order valence-electron chi connectivity index (χ3n) is 6.40. The van der Waals surface area contributed by atoms with Gasteiger partial charge < -0.3 is 9.16 Å². The highest BCUT2D eigenvalue weighted by molar-refractivity contribution is 8.23. The van der Waals surface area contributed by atoms with Crippen LogP contribution < -0.4 is 0 Å². The van der Waals surface area contributed by atoms with Gasteiger partial charge in [-0.15, -0.1) is 11.8 Å². The third-order valence-corrected chi connectivity index (χ3v) is 15.6. The minimum atomic E-state index is -2.05. The van der Waals surface area contributed by atoms with Crippen LogP contribution in [-0.2, 0) is 29.6 Å². The standard InChI is InChI=1S/C21H32ClNO5S3Si/c1-12(22)10-27-19(25)16-20(29-14-8-9-31(26)11-14)30-18-15(17(24)23(16)18)13(2)28-32(6,7)21(3,4)5/h13-15,18H,1,8-11H2,2-7H3/t13-,14+,15+,18-,31?/m1/s1. The van der Waals surface area contributed by atoms with Gasteiger partial charge in [0.05, 0.1) is 16.3 Å². The smallest absolute Gasteiger partial charge is 0.357 e. The molecule has 6 nitrogen and oxygen atoms in total. The monoisotopic (exact) mass is 537 g/mol. The molecule has 1 amide bonds. The predicted molar refractivity (Wildman–Crippen MR) is 136 cm³/mol. The van der Waals surface area contributed by atoms with Gasteiger partial charge in [0.1, 0.15) is 12.0 Å². The van der Waals surface area contributed by atoms with Gasteiger partial charge in [-0.2, -0.15) is 0 Å². The van der Waals surface area contributed by atoms with E-state index in [0.29, 0.717) is 11.5 Å². The summed E-state index contributed by atoms with van der Waals surface area (Å²) in [7, 11) is -2.88. The lowest BCUT2D eigenvalue weighted by Crippen LogP contribution is -2.62. The highest BCUT2D eigenvalue weighted by atomic mass is 35.5. The number of thioether (sulfide) groups is 2. The van der Waals surface area contributed by atoms with Crippen molar-refractivity contribution < 1.29 is 23.0 Å². The average molecular weight is 538 g/mol. The van der Waals surface area contributed by atoms with Crippen LogP contribution in [0, 0.1) is 5.92 Å². The Kier molecular flexibility index (Phi) is 8.05. The maximum absolute atomic E-state index is 13.2. The van der Waals surface area contributed by atoms with E-state index in [1.54, 1.807) is 4.90 Å². The number of β-lactam (4-membered cyclic amide) rings is 1. The van der Waals surface area contributed by atoms with E-state index in [1.807, 2.05) is 6.92 Å². The van der Waals surface area contributed by atoms with Crippen molar-refractivity contribution in [3.63, 3.8) is 0 Å². The Hall–Kier alpha value is -0.263. The Morgan fingerprint density at radius 3 is 2.62 bits per heavy atom. The van der Waals surface area contributed by atoms with Gasteiger partial charge in [0.25, 0.3) is 0 Å². The molecule has 0 bridgehead atoms. The molecular formula is C21H32ClNO5S3Si. The first-order valence-electron chi connectivity index (χ1n) is 10.7. The van der Waals surface area contributed by atoms with Crippen LogP contribution in [0.4, 0.5) is 0 Å². The van der Waals surface area contributed by atoms with E-state index in [1.165, 1.54) is 23.5 Å². The van der Waals surface area contributed by atoms with Crippen molar-refractivity contribution in [2.45, 2.75) is 69.0 Å². The minimum Gasteiger partial charge on any atom is -0.455 e. The number of ether oxygens (including phenoxy) is 1. The lowest BCUT2D eigenvalue weighted by atomic mass is 9.92. The van der Waals surface area contributed by atoms with Gasteiger partial charge >= 0.3 is 5.97 Å². The van der Waals surface area contributed by atoms with Gasteiger partial charge in [-0.1, -0.05) is 50.7 Å². The van der Waals surface area contributed by atoms with Crippen molar-refractivity contribution in [2.75, 3.05) is 18.1 Å². The molecule has 11 heteroatoms. The molecule has 2 saturated heterocycles. The Morgan fingerprint density at radius 1 is 1.44 bits per heavy atom. The number of fused-ring (bicyclic) bond motifs is 1. The first-order chi connectivity index (χ1) is 14.7. The number of amides is 1. The summed E-state index contributed by atoms with van der Waals surface area (Å²) in [5.41, 5.74) is 0.279. The number of hydrogen-bond donors (Lipinski definition) is 0. The number of nitrogens with zero attached hydrogens (tertiary/aromatic N) is 1. The summed E-state index contributed by atoms with van der Waals surface area (Å²) in [4.78, 5) is 27.6. The SMILES string of the molecule is C=C(Cl)COC(=O)C1=C(S[C@H]2CCS(=O)C2)S[C@@H]2[C@@H]([C@@H](C)O[Si](C)(C)C(C)(C)C)C(=O)N12. The zero-order valence-electron chi connectivity index (χ0n) is 19.4. The van der Waals surface area contributed by atoms with E-state index in [2.05, 4.69) is 40.4 Å². The van der Waals surface area contributed by atoms with E-state index in [9.17, 15) is 13.8 Å². The molecule has 0 radical (unpaired) electrons. The van der Waals surface area contributed by atoms with Crippen LogP contribution in [0.2, 0.25) is 18.1 Å². The molecule has 0 aliphatic carbocycles. The van der Waals surface area contributed by atoms with Crippen molar-refractivity contribution >= 4 is 66.1 Å². The van der Waals surface area contributed by atoms with Gasteiger partial charge in [-0.25, -0.2) is 4.79 Å². The molecule has 3 aliphatic heterocycles. The Morgan fingerprint density at radius 2 is 2.09 bits per heavy atom. The number of carbonyl (C=O) groups excluding carboxylic acids is 2. The zero-order chi connectivity index (χ0) is 24.0. The van der Waals surface area contributed by atoms with E-state index >= 15 is 0 Å². The average Bonchev–Trinajstić information content (AvgIpc) is 3.19. The molecule has 0 saturated carbocycles. The van der Waals surface area contributed by atoms with Crippen LogP contribution in [0.25, 0.3) is 0 Å². The molecule has 0 spiro atoms. The number of esters is 1. The van der Waals surface area contributed by atoms with Crippen LogP contribution in [0.15, 0.2) is 21.5 Å². The molecule has 3 heterocycles. The summed E-state index contributed by atoms with van der Waals surface area (Å²) < 4.78 is 24.4. The molecule has 3 aliphatic rings. The molecule has 2 fully saturated rings. The fourth-order valence-electron chi connectivity index (χ4n) is 3.62. The maximum atomic E-state index is 13.2. The summed E-state index contributed by atoms with van der Waals surface area (Å²) >= 11 is 8.82. The van der Waals surface area contributed by atoms with Crippen LogP contribution >= 0.6 is 35.1 Å². The first-order valence-corrected chi connectivity index (χ1v) is 17.2. The molecule has 0 aromatic carbocycles. The van der Waals surface area contributed by atoms with Crippen molar-refractivity contribution in [2.24, 2.45) is 5.92 Å². The van der Waals surface area contributed by atoms with Crippen LogP contribution in [0.3, 0.4) is 0 Å². The molecule has 180 valence electrons. The Labute approximate surface area is 207 Å². The predicted octanol–water partition coefficient (Wildman–Crippen LogP) is 4.65. The number of rotatable bonds is 8. The van der Waals surface area contributed by atoms with E-state index in [0.717, 1.165) is 10.7 Å². The molecular weight excluding hydrogens is 506 g/mol. The van der Waals surface area contributed by atoms with E-state index in [-0.39, 0.29) is 50.9 Å². The normalized spacial score (nSPS) is 29.1. The highest BCUT2D eigenvalue weighted by Crippen LogP contribution is 2.56. The van der Waals surface area contributed by atoms with Gasteiger partial charge in [-0.3, -0.25) is 13.9 Å². The Bertz CT molecular complexity index is 872. The summed E-state index contributed by atoms with van der Waals surface area (Å²) in [5.74, 6) is 0.260. The molecule has 0 N–H and O–H groups in total. The molecule has 1 unspecified atom stereocenters. The highest BCUT2D eigenvalue weighted by Gasteiger charge is 2.59. The number of halogens is 1.